The van der Waals surface area contributed by atoms with Crippen molar-refractivity contribution >= 4 is 0 Å². The van der Waals surface area contributed by atoms with E-state index in [4.69, 9.17) is 0 Å². The first-order valence-electron chi connectivity index (χ1n) is 2.75. The number of hydrogen-bond donors (Lipinski definition) is 0. The molecule has 0 N–H and O–H groups in total. The summed E-state index contributed by atoms with van der Waals surface area (Å²) in [5.74, 6) is 0.292. The fraction of sp³-hybridized carbons (Fsp3) is 0.667. The zero-order valence-electron chi connectivity index (χ0n) is 5.53. The van der Waals surface area contributed by atoms with Crippen LogP contribution < -0.4 is 0 Å². The zero-order chi connectivity index (χ0) is 7.28. The van der Waals surface area contributed by atoms with E-state index < -0.39 is 6.08 Å². The Bertz CT molecular complexity index is 95.2. The fourth-order valence-corrected chi connectivity index (χ4v) is 0.304. The third kappa shape index (κ3) is 7.40. The van der Waals surface area contributed by atoms with E-state index in [0.717, 1.165) is 0 Å². The molecule has 0 atom stereocenters. The summed E-state index contributed by atoms with van der Waals surface area (Å²) in [6.07, 6.45) is -1.31. The van der Waals surface area contributed by atoms with E-state index in [0.29, 0.717) is 18.8 Å². The van der Waals surface area contributed by atoms with Crippen LogP contribution in [0.15, 0.2) is 12.3 Å². The van der Waals surface area contributed by atoms with E-state index in [-0.39, 0.29) is 0 Å². The maximum atomic E-state index is 11.2. The van der Waals surface area contributed by atoms with Crippen molar-refractivity contribution in [1.29, 1.82) is 0 Å². The highest BCUT2D eigenvalue weighted by Crippen LogP contribution is 1.99. The molecule has 0 aliphatic heterocycles. The molecule has 1 nitrogen and oxygen atoms in total. The summed E-state index contributed by atoms with van der Waals surface area (Å²) in [6, 6.07) is 0. The highest BCUT2D eigenvalue weighted by Gasteiger charge is 1.92. The van der Waals surface area contributed by atoms with Gasteiger partial charge in [0.25, 0.3) is 0 Å². The van der Waals surface area contributed by atoms with Crippen LogP contribution in [0, 0.1) is 5.92 Å². The largest absolute Gasteiger partial charge is 0.495 e. The Morgan fingerprint density at radius 3 is 2.44 bits per heavy atom. The minimum absolute atomic E-state index is 0.292. The van der Waals surface area contributed by atoms with E-state index in [9.17, 15) is 8.78 Å². The molecule has 0 aromatic rings. The third-order valence-electron chi connectivity index (χ3n) is 0.602. The highest BCUT2D eigenvalue weighted by atomic mass is 19.3. The van der Waals surface area contributed by atoms with Gasteiger partial charge in [-0.3, -0.25) is 0 Å². The second kappa shape index (κ2) is 4.30. The van der Waals surface area contributed by atoms with Gasteiger partial charge in [0.15, 0.2) is 0 Å². The molecule has 54 valence electrons. The SMILES string of the molecule is CC(C)COC=C(F)F. The lowest BCUT2D eigenvalue weighted by atomic mass is 10.2. The number of rotatable bonds is 3. The molecule has 0 amide bonds. The van der Waals surface area contributed by atoms with Gasteiger partial charge in [0.1, 0.15) is 6.26 Å². The number of ether oxygens (including phenoxy) is 1. The van der Waals surface area contributed by atoms with Crippen molar-refractivity contribution in [2.24, 2.45) is 5.92 Å². The topological polar surface area (TPSA) is 9.23 Å². The molecule has 9 heavy (non-hydrogen) atoms. The Balaban J connectivity index is 3.20. The Morgan fingerprint density at radius 2 is 2.11 bits per heavy atom. The van der Waals surface area contributed by atoms with Gasteiger partial charge in [-0.1, -0.05) is 13.8 Å². The second-order valence-electron chi connectivity index (χ2n) is 2.13. The summed E-state index contributed by atoms with van der Waals surface area (Å²) in [5.41, 5.74) is 0. The van der Waals surface area contributed by atoms with Crippen LogP contribution in [-0.2, 0) is 4.74 Å². The van der Waals surface area contributed by atoms with Crippen LogP contribution in [-0.4, -0.2) is 6.61 Å². The van der Waals surface area contributed by atoms with E-state index >= 15 is 0 Å². The van der Waals surface area contributed by atoms with Crippen LogP contribution in [0.4, 0.5) is 8.78 Å². The van der Waals surface area contributed by atoms with Crippen molar-refractivity contribution < 1.29 is 13.5 Å². The molecular weight excluding hydrogens is 126 g/mol. The molecule has 0 heterocycles. The molecule has 0 unspecified atom stereocenters. The molecule has 0 spiro atoms. The summed E-state index contributed by atoms with van der Waals surface area (Å²) in [6.45, 7) is 4.13. The zero-order valence-corrected chi connectivity index (χ0v) is 5.53. The van der Waals surface area contributed by atoms with Gasteiger partial charge in [-0.25, -0.2) is 0 Å². The van der Waals surface area contributed by atoms with Gasteiger partial charge < -0.3 is 4.74 Å². The van der Waals surface area contributed by atoms with Crippen molar-refractivity contribution in [3.05, 3.63) is 12.3 Å². The van der Waals surface area contributed by atoms with E-state index in [1.54, 1.807) is 0 Å². The molecule has 3 heteroatoms. The lowest BCUT2D eigenvalue weighted by Crippen LogP contribution is -1.96. The molecule has 0 saturated heterocycles. The predicted octanol–water partition coefficient (Wildman–Crippen LogP) is 2.40. The Labute approximate surface area is 53.3 Å². The summed E-state index contributed by atoms with van der Waals surface area (Å²) in [7, 11) is 0. The minimum atomic E-state index is -1.78. The van der Waals surface area contributed by atoms with Gasteiger partial charge in [-0.2, -0.15) is 8.78 Å². The van der Waals surface area contributed by atoms with E-state index in [2.05, 4.69) is 4.74 Å². The molecule has 0 fully saturated rings. The van der Waals surface area contributed by atoms with Gasteiger partial charge in [0.2, 0.25) is 0 Å². The molecule has 0 aliphatic rings. The fourth-order valence-electron chi connectivity index (χ4n) is 0.304. The highest BCUT2D eigenvalue weighted by molar-refractivity contribution is 4.69. The first kappa shape index (κ1) is 8.40. The molecular formula is C6H10F2O. The number of halogens is 2. The smallest absolute Gasteiger partial charge is 0.304 e. The van der Waals surface area contributed by atoms with Gasteiger partial charge in [0.05, 0.1) is 6.61 Å². The van der Waals surface area contributed by atoms with Crippen LogP contribution in [0.1, 0.15) is 13.8 Å². The van der Waals surface area contributed by atoms with Crippen molar-refractivity contribution in [2.45, 2.75) is 13.8 Å². The van der Waals surface area contributed by atoms with Crippen molar-refractivity contribution in [1.82, 2.24) is 0 Å². The summed E-state index contributed by atoms with van der Waals surface area (Å²) >= 11 is 0. The lowest BCUT2D eigenvalue weighted by molar-refractivity contribution is 0.193. The minimum Gasteiger partial charge on any atom is -0.495 e. The average molecular weight is 136 g/mol. The Hall–Kier alpha value is -0.600. The van der Waals surface area contributed by atoms with E-state index in [1.165, 1.54) is 0 Å². The standard InChI is InChI=1S/C6H10F2O/c1-5(2)3-9-4-6(7)8/h4-5H,3H2,1-2H3. The first-order chi connectivity index (χ1) is 4.13. The van der Waals surface area contributed by atoms with Crippen molar-refractivity contribution in [3.63, 3.8) is 0 Å². The van der Waals surface area contributed by atoms with Crippen LogP contribution in [0.3, 0.4) is 0 Å². The monoisotopic (exact) mass is 136 g/mol. The van der Waals surface area contributed by atoms with Crippen LogP contribution in [0.2, 0.25) is 0 Å². The lowest BCUT2D eigenvalue weighted by Gasteiger charge is -2.01. The van der Waals surface area contributed by atoms with Crippen LogP contribution in [0.5, 0.6) is 0 Å². The van der Waals surface area contributed by atoms with Gasteiger partial charge in [-0.15, -0.1) is 0 Å². The molecule has 0 aliphatic carbocycles. The predicted molar refractivity (Wildman–Crippen MR) is 31.1 cm³/mol. The maximum absolute atomic E-state index is 11.2. The van der Waals surface area contributed by atoms with Crippen molar-refractivity contribution in [3.8, 4) is 0 Å². The molecule has 0 aromatic carbocycles. The summed E-state index contributed by atoms with van der Waals surface area (Å²) in [4.78, 5) is 0. The van der Waals surface area contributed by atoms with Gasteiger partial charge >= 0.3 is 6.08 Å². The summed E-state index contributed by atoms with van der Waals surface area (Å²) < 4.78 is 26.9. The quantitative estimate of drug-likeness (QED) is 0.541. The first-order valence-corrected chi connectivity index (χ1v) is 2.75. The molecule has 0 rings (SSSR count). The van der Waals surface area contributed by atoms with Gasteiger partial charge in [0, 0.05) is 0 Å². The maximum Gasteiger partial charge on any atom is 0.304 e. The van der Waals surface area contributed by atoms with Crippen molar-refractivity contribution in [2.75, 3.05) is 6.61 Å². The normalized spacial score (nSPS) is 9.44. The average Bonchev–Trinajstić information content (AvgIpc) is 1.63. The van der Waals surface area contributed by atoms with Crippen LogP contribution in [0.25, 0.3) is 0 Å². The molecule has 0 radical (unpaired) electrons. The summed E-state index contributed by atoms with van der Waals surface area (Å²) in [5, 5.41) is 0. The Morgan fingerprint density at radius 1 is 1.56 bits per heavy atom. The molecule has 0 bridgehead atoms. The molecule has 0 aromatic heterocycles. The third-order valence-corrected chi connectivity index (χ3v) is 0.602. The van der Waals surface area contributed by atoms with Gasteiger partial charge in [-0.05, 0) is 5.92 Å². The van der Waals surface area contributed by atoms with Crippen LogP contribution >= 0.6 is 0 Å². The number of hydrogen-bond acceptors (Lipinski definition) is 1. The Kier molecular flexibility index (Phi) is 4.01. The van der Waals surface area contributed by atoms with E-state index in [1.807, 2.05) is 13.8 Å². The second-order valence-corrected chi connectivity index (χ2v) is 2.13. The molecule has 0 saturated carbocycles.